The Kier molecular flexibility index (Phi) is 12.1. The standard InChI is InChI=1S/C35H52N2O2/c1-6-7-8-9-10-11-12-13-17-23-32(29-19-15-14-16-20-29)35(26-33(36)38)24-25-37(39-35)34-30(27(2)3)21-18-22-31(34)28(4)5/h14-16,18-22,24-25,27-28,32H,6-13,17,23,26H2,1-5H3,(H2,36,38). The molecular weight excluding hydrogens is 480 g/mol. The summed E-state index contributed by atoms with van der Waals surface area (Å²) in [6.07, 6.45) is 16.8. The van der Waals surface area contributed by atoms with E-state index in [2.05, 4.69) is 83.2 Å². The SMILES string of the molecule is CCCCCCCCCCCC(c1ccccc1)C1(CC(N)=O)C=CN(c2c(C(C)C)cccc2C(C)C)O1. The van der Waals surface area contributed by atoms with Gasteiger partial charge in [-0.1, -0.05) is 141 Å². The third kappa shape index (κ3) is 8.45. The summed E-state index contributed by atoms with van der Waals surface area (Å²) in [5.74, 6) is 0.379. The molecule has 0 bridgehead atoms. The molecule has 0 aromatic heterocycles. The Labute approximate surface area is 238 Å². The Bertz CT molecular complexity index is 1020. The van der Waals surface area contributed by atoms with Crippen LogP contribution in [0.1, 0.15) is 140 Å². The smallest absolute Gasteiger partial charge is 0.220 e. The number of primary amides is 1. The largest absolute Gasteiger partial charge is 0.370 e. The summed E-state index contributed by atoms with van der Waals surface area (Å²) >= 11 is 0. The van der Waals surface area contributed by atoms with E-state index in [-0.39, 0.29) is 18.2 Å². The Hall–Kier alpha value is -2.59. The van der Waals surface area contributed by atoms with E-state index in [4.69, 9.17) is 10.6 Å². The molecule has 39 heavy (non-hydrogen) atoms. The molecule has 0 saturated heterocycles. The van der Waals surface area contributed by atoms with E-state index in [1.807, 2.05) is 17.3 Å². The average molecular weight is 533 g/mol. The van der Waals surface area contributed by atoms with Crippen molar-refractivity contribution in [3.8, 4) is 0 Å². The van der Waals surface area contributed by atoms with Gasteiger partial charge in [0.1, 0.15) is 5.60 Å². The van der Waals surface area contributed by atoms with Crippen molar-refractivity contribution in [1.29, 1.82) is 0 Å². The number of nitrogens with zero attached hydrogens (tertiary/aromatic N) is 1. The van der Waals surface area contributed by atoms with Crippen LogP contribution in [-0.4, -0.2) is 11.5 Å². The summed E-state index contributed by atoms with van der Waals surface area (Å²) in [7, 11) is 0. The Morgan fingerprint density at radius 2 is 1.38 bits per heavy atom. The van der Waals surface area contributed by atoms with Crippen molar-refractivity contribution < 1.29 is 9.63 Å². The van der Waals surface area contributed by atoms with E-state index >= 15 is 0 Å². The van der Waals surface area contributed by atoms with E-state index in [1.54, 1.807) is 0 Å². The third-order valence-corrected chi connectivity index (χ3v) is 8.16. The van der Waals surface area contributed by atoms with Crippen LogP contribution in [0.25, 0.3) is 0 Å². The molecule has 2 N–H and O–H groups in total. The fourth-order valence-electron chi connectivity index (χ4n) is 6.03. The summed E-state index contributed by atoms with van der Waals surface area (Å²) in [6, 6.07) is 17.1. The number of rotatable bonds is 17. The second-order valence-electron chi connectivity index (χ2n) is 12.0. The van der Waals surface area contributed by atoms with Gasteiger partial charge in [-0.15, -0.1) is 0 Å². The zero-order chi connectivity index (χ0) is 28.3. The minimum atomic E-state index is -0.814. The predicted octanol–water partition coefficient (Wildman–Crippen LogP) is 9.52. The van der Waals surface area contributed by atoms with Crippen molar-refractivity contribution in [1.82, 2.24) is 0 Å². The molecule has 1 aliphatic heterocycles. The Morgan fingerprint density at radius 1 is 0.821 bits per heavy atom. The van der Waals surface area contributed by atoms with E-state index in [0.29, 0.717) is 11.8 Å². The van der Waals surface area contributed by atoms with Crippen molar-refractivity contribution in [3.63, 3.8) is 0 Å². The quantitative estimate of drug-likeness (QED) is 0.206. The topological polar surface area (TPSA) is 55.6 Å². The predicted molar refractivity (Wildman–Crippen MR) is 165 cm³/mol. The lowest BCUT2D eigenvalue weighted by Crippen LogP contribution is -2.42. The minimum absolute atomic E-state index is 0.0331. The van der Waals surface area contributed by atoms with Gasteiger partial charge in [-0.25, -0.2) is 5.06 Å². The number of anilines is 1. The maximum atomic E-state index is 12.5. The van der Waals surface area contributed by atoms with Gasteiger partial charge >= 0.3 is 0 Å². The molecular formula is C35H52N2O2. The lowest BCUT2D eigenvalue weighted by Gasteiger charge is -2.37. The lowest BCUT2D eigenvalue weighted by atomic mass is 9.76. The summed E-state index contributed by atoms with van der Waals surface area (Å²) < 4.78 is 0. The molecule has 2 atom stereocenters. The molecule has 1 heterocycles. The van der Waals surface area contributed by atoms with Gasteiger partial charge in [-0.3, -0.25) is 9.63 Å². The average Bonchev–Trinajstić information content (AvgIpc) is 3.33. The van der Waals surface area contributed by atoms with Crippen LogP contribution in [-0.2, 0) is 9.63 Å². The van der Waals surface area contributed by atoms with Gasteiger partial charge in [0.15, 0.2) is 0 Å². The molecule has 4 heteroatoms. The van der Waals surface area contributed by atoms with E-state index in [1.165, 1.54) is 68.1 Å². The minimum Gasteiger partial charge on any atom is -0.370 e. The first kappa shape index (κ1) is 30.9. The maximum absolute atomic E-state index is 12.5. The molecule has 2 aromatic carbocycles. The molecule has 1 amide bonds. The highest BCUT2D eigenvalue weighted by atomic mass is 16.7. The van der Waals surface area contributed by atoms with Crippen LogP contribution in [0.4, 0.5) is 5.69 Å². The van der Waals surface area contributed by atoms with Crippen LogP contribution in [0.15, 0.2) is 60.8 Å². The van der Waals surface area contributed by atoms with Crippen molar-refractivity contribution in [2.75, 3.05) is 5.06 Å². The van der Waals surface area contributed by atoms with Crippen molar-refractivity contribution in [3.05, 3.63) is 77.5 Å². The number of benzene rings is 2. The van der Waals surface area contributed by atoms with Gasteiger partial charge in [0, 0.05) is 12.1 Å². The van der Waals surface area contributed by atoms with Gasteiger partial charge in [0.05, 0.1) is 12.1 Å². The number of amides is 1. The zero-order valence-electron chi connectivity index (χ0n) is 25.1. The van der Waals surface area contributed by atoms with Gasteiger partial charge < -0.3 is 5.73 Å². The highest BCUT2D eigenvalue weighted by molar-refractivity contribution is 5.76. The van der Waals surface area contributed by atoms with Crippen molar-refractivity contribution in [2.45, 2.75) is 129 Å². The van der Waals surface area contributed by atoms with Gasteiger partial charge in [0.25, 0.3) is 0 Å². The number of hydrogen-bond donors (Lipinski definition) is 1. The first-order chi connectivity index (χ1) is 18.8. The first-order valence-corrected chi connectivity index (χ1v) is 15.4. The second-order valence-corrected chi connectivity index (χ2v) is 12.0. The molecule has 214 valence electrons. The lowest BCUT2D eigenvalue weighted by molar-refractivity contribution is -0.124. The molecule has 0 saturated carbocycles. The fourth-order valence-corrected chi connectivity index (χ4v) is 6.03. The fraction of sp³-hybridized carbons (Fsp3) is 0.571. The number of unbranched alkanes of at least 4 members (excludes halogenated alkanes) is 8. The number of hydroxylamine groups is 1. The Morgan fingerprint density at radius 3 is 1.92 bits per heavy atom. The van der Waals surface area contributed by atoms with Crippen LogP contribution in [0.3, 0.4) is 0 Å². The second kappa shape index (κ2) is 15.3. The van der Waals surface area contributed by atoms with Gasteiger partial charge in [-0.2, -0.15) is 0 Å². The summed E-state index contributed by atoms with van der Waals surface area (Å²) in [5.41, 5.74) is 9.86. The molecule has 0 aliphatic carbocycles. The number of carbonyl (C=O) groups is 1. The van der Waals surface area contributed by atoms with Crippen LogP contribution in [0.2, 0.25) is 0 Å². The van der Waals surface area contributed by atoms with Crippen LogP contribution < -0.4 is 10.8 Å². The van der Waals surface area contributed by atoms with Gasteiger partial charge in [-0.05, 0) is 41.0 Å². The van der Waals surface area contributed by atoms with Crippen molar-refractivity contribution in [2.24, 2.45) is 5.73 Å². The summed E-state index contributed by atoms with van der Waals surface area (Å²) in [5, 5.41) is 1.93. The normalized spacial score (nSPS) is 17.9. The van der Waals surface area contributed by atoms with Crippen LogP contribution in [0, 0.1) is 0 Å². The Balaban J connectivity index is 1.84. The maximum Gasteiger partial charge on any atom is 0.220 e. The summed E-state index contributed by atoms with van der Waals surface area (Å²) in [6.45, 7) is 11.1. The highest BCUT2D eigenvalue weighted by Gasteiger charge is 2.45. The van der Waals surface area contributed by atoms with Crippen LogP contribution in [0.5, 0.6) is 0 Å². The molecule has 1 aliphatic rings. The zero-order valence-corrected chi connectivity index (χ0v) is 25.1. The number of carbonyl (C=O) groups excluding carboxylic acids is 1. The van der Waals surface area contributed by atoms with Crippen molar-refractivity contribution >= 4 is 11.6 Å². The summed E-state index contributed by atoms with van der Waals surface area (Å²) in [4.78, 5) is 19.4. The van der Waals surface area contributed by atoms with E-state index in [0.717, 1.165) is 18.5 Å². The first-order valence-electron chi connectivity index (χ1n) is 15.4. The third-order valence-electron chi connectivity index (χ3n) is 8.16. The molecule has 0 spiro atoms. The molecule has 0 radical (unpaired) electrons. The molecule has 2 aromatic rings. The number of nitrogens with two attached hydrogens (primary N) is 1. The monoisotopic (exact) mass is 532 g/mol. The molecule has 2 unspecified atom stereocenters. The molecule has 3 rings (SSSR count). The van der Waals surface area contributed by atoms with E-state index < -0.39 is 5.60 Å². The number of hydrogen-bond acceptors (Lipinski definition) is 3. The number of para-hydroxylation sites is 1. The highest BCUT2D eigenvalue weighted by Crippen LogP contribution is 2.46. The van der Waals surface area contributed by atoms with Gasteiger partial charge in [0.2, 0.25) is 5.91 Å². The van der Waals surface area contributed by atoms with E-state index in [9.17, 15) is 4.79 Å². The molecule has 4 nitrogen and oxygen atoms in total. The van der Waals surface area contributed by atoms with Crippen LogP contribution >= 0.6 is 0 Å². The molecule has 0 fully saturated rings.